The summed E-state index contributed by atoms with van der Waals surface area (Å²) in [4.78, 5) is 0. The highest BCUT2D eigenvalue weighted by molar-refractivity contribution is 7.85. The fourth-order valence-electron chi connectivity index (χ4n) is 2.50. The Morgan fingerprint density at radius 3 is 2.56 bits per heavy atom. The molecule has 0 aromatic carbocycles. The molecule has 0 bridgehead atoms. The van der Waals surface area contributed by atoms with Gasteiger partial charge in [-0.25, -0.2) is 0 Å². The summed E-state index contributed by atoms with van der Waals surface area (Å²) in [6.45, 7) is 5.40. The Bertz CT molecular complexity index is 208. The van der Waals surface area contributed by atoms with Crippen molar-refractivity contribution in [2.45, 2.75) is 70.1 Å². The molecule has 0 saturated heterocycles. The maximum atomic E-state index is 12.2. The van der Waals surface area contributed by atoms with Gasteiger partial charge in [-0.1, -0.05) is 33.1 Å². The lowest BCUT2D eigenvalue weighted by molar-refractivity contribution is 0.462. The van der Waals surface area contributed by atoms with E-state index in [0.29, 0.717) is 11.3 Å². The van der Waals surface area contributed by atoms with Crippen LogP contribution in [-0.4, -0.2) is 27.8 Å². The van der Waals surface area contributed by atoms with E-state index in [1.165, 1.54) is 32.1 Å². The Hall–Kier alpha value is 0.110. The second-order valence-electron chi connectivity index (χ2n) is 4.82. The fourth-order valence-corrected chi connectivity index (χ4v) is 4.24. The third kappa shape index (κ3) is 4.54. The SMILES string of the molecule is CCCNC1CCCCCC1S(=O)CCC. The van der Waals surface area contributed by atoms with Crippen LogP contribution in [0.5, 0.6) is 0 Å². The van der Waals surface area contributed by atoms with Crippen LogP contribution in [0.4, 0.5) is 0 Å². The molecule has 0 amide bonds. The average molecular weight is 245 g/mol. The Morgan fingerprint density at radius 2 is 1.88 bits per heavy atom. The molecule has 0 spiro atoms. The third-order valence-corrected chi connectivity index (χ3v) is 5.40. The lowest BCUT2D eigenvalue weighted by Crippen LogP contribution is -2.42. The van der Waals surface area contributed by atoms with E-state index in [-0.39, 0.29) is 0 Å². The lowest BCUT2D eigenvalue weighted by atomic mass is 10.1. The van der Waals surface area contributed by atoms with Gasteiger partial charge >= 0.3 is 0 Å². The summed E-state index contributed by atoms with van der Waals surface area (Å²) in [6.07, 6.45) is 8.50. The van der Waals surface area contributed by atoms with E-state index in [1.807, 2.05) is 0 Å². The van der Waals surface area contributed by atoms with Crippen molar-refractivity contribution in [1.82, 2.24) is 5.32 Å². The first-order chi connectivity index (χ1) is 7.79. The topological polar surface area (TPSA) is 29.1 Å². The van der Waals surface area contributed by atoms with Gasteiger partial charge in [-0.05, 0) is 32.2 Å². The highest BCUT2D eigenvalue weighted by atomic mass is 32.2. The summed E-state index contributed by atoms with van der Waals surface area (Å²) < 4.78 is 12.2. The van der Waals surface area contributed by atoms with Crippen molar-refractivity contribution in [2.24, 2.45) is 0 Å². The van der Waals surface area contributed by atoms with Crippen LogP contribution in [0.25, 0.3) is 0 Å². The van der Waals surface area contributed by atoms with Crippen LogP contribution in [-0.2, 0) is 10.8 Å². The Kier molecular flexibility index (Phi) is 7.30. The van der Waals surface area contributed by atoms with E-state index in [9.17, 15) is 4.21 Å². The zero-order valence-electron chi connectivity index (χ0n) is 10.8. The zero-order chi connectivity index (χ0) is 11.8. The van der Waals surface area contributed by atoms with Gasteiger partial charge in [0.05, 0.1) is 5.25 Å². The summed E-state index contributed by atoms with van der Waals surface area (Å²) in [5.41, 5.74) is 0. The predicted molar refractivity (Wildman–Crippen MR) is 72.3 cm³/mol. The van der Waals surface area contributed by atoms with Gasteiger partial charge in [0.1, 0.15) is 0 Å². The molecule has 0 aromatic heterocycles. The van der Waals surface area contributed by atoms with Crippen LogP contribution in [0, 0.1) is 0 Å². The molecule has 96 valence electrons. The van der Waals surface area contributed by atoms with Crippen LogP contribution in [0.2, 0.25) is 0 Å². The van der Waals surface area contributed by atoms with Crippen LogP contribution in [0.15, 0.2) is 0 Å². The van der Waals surface area contributed by atoms with E-state index in [4.69, 9.17) is 0 Å². The summed E-state index contributed by atoms with van der Waals surface area (Å²) in [7, 11) is -0.614. The normalized spacial score (nSPS) is 28.6. The second kappa shape index (κ2) is 8.24. The van der Waals surface area contributed by atoms with Crippen molar-refractivity contribution in [1.29, 1.82) is 0 Å². The quantitative estimate of drug-likeness (QED) is 0.729. The number of hydrogen-bond donors (Lipinski definition) is 1. The van der Waals surface area contributed by atoms with Gasteiger partial charge in [0.25, 0.3) is 0 Å². The lowest BCUT2D eigenvalue weighted by Gasteiger charge is -2.25. The van der Waals surface area contributed by atoms with Crippen LogP contribution in [0.1, 0.15) is 58.8 Å². The molecule has 3 atom stereocenters. The van der Waals surface area contributed by atoms with Crippen molar-refractivity contribution in [2.75, 3.05) is 12.3 Å². The molecule has 2 nitrogen and oxygen atoms in total. The predicted octanol–water partition coefficient (Wildman–Crippen LogP) is 2.85. The molecule has 1 N–H and O–H groups in total. The first-order valence-corrected chi connectivity index (χ1v) is 8.28. The van der Waals surface area contributed by atoms with Gasteiger partial charge in [0.15, 0.2) is 0 Å². The second-order valence-corrected chi connectivity index (χ2v) is 6.60. The maximum absolute atomic E-state index is 12.2. The monoisotopic (exact) mass is 245 g/mol. The average Bonchev–Trinajstić information content (AvgIpc) is 2.51. The fraction of sp³-hybridized carbons (Fsp3) is 1.00. The van der Waals surface area contributed by atoms with Crippen LogP contribution < -0.4 is 5.32 Å². The molecule has 16 heavy (non-hydrogen) atoms. The molecule has 1 aliphatic rings. The van der Waals surface area contributed by atoms with E-state index in [2.05, 4.69) is 19.2 Å². The van der Waals surface area contributed by atoms with Crippen molar-refractivity contribution in [3.63, 3.8) is 0 Å². The van der Waals surface area contributed by atoms with Gasteiger partial charge in [-0.2, -0.15) is 0 Å². The van der Waals surface area contributed by atoms with Gasteiger partial charge in [-0.15, -0.1) is 0 Å². The Labute approximate surface area is 103 Å². The smallest absolute Gasteiger partial charge is 0.0501 e. The molecule has 0 heterocycles. The standard InChI is InChI=1S/C13H27NOS/c1-3-10-14-12-8-6-5-7-9-13(12)16(15)11-4-2/h12-14H,3-11H2,1-2H3. The Morgan fingerprint density at radius 1 is 1.12 bits per heavy atom. The third-order valence-electron chi connectivity index (χ3n) is 3.35. The summed E-state index contributed by atoms with van der Waals surface area (Å²) in [5, 5.41) is 4.02. The Balaban J connectivity index is 2.54. The van der Waals surface area contributed by atoms with E-state index in [1.54, 1.807) is 0 Å². The molecule has 1 fully saturated rings. The van der Waals surface area contributed by atoms with Crippen molar-refractivity contribution >= 4 is 10.8 Å². The molecule has 0 aliphatic heterocycles. The number of rotatable bonds is 6. The molecule has 1 rings (SSSR count). The zero-order valence-corrected chi connectivity index (χ0v) is 11.7. The van der Waals surface area contributed by atoms with E-state index >= 15 is 0 Å². The van der Waals surface area contributed by atoms with E-state index < -0.39 is 10.8 Å². The molecular formula is C13H27NOS. The first-order valence-electron chi connectivity index (χ1n) is 6.90. The number of nitrogens with one attached hydrogen (secondary N) is 1. The molecule has 0 radical (unpaired) electrons. The van der Waals surface area contributed by atoms with Crippen molar-refractivity contribution < 1.29 is 4.21 Å². The number of hydrogen-bond acceptors (Lipinski definition) is 2. The molecule has 3 unspecified atom stereocenters. The van der Waals surface area contributed by atoms with Gasteiger partial charge in [-0.3, -0.25) is 4.21 Å². The maximum Gasteiger partial charge on any atom is 0.0501 e. The highest BCUT2D eigenvalue weighted by Gasteiger charge is 2.27. The largest absolute Gasteiger partial charge is 0.313 e. The van der Waals surface area contributed by atoms with E-state index in [0.717, 1.165) is 25.1 Å². The summed E-state index contributed by atoms with van der Waals surface area (Å²) in [5.74, 6) is 0.884. The summed E-state index contributed by atoms with van der Waals surface area (Å²) >= 11 is 0. The van der Waals surface area contributed by atoms with Gasteiger partial charge < -0.3 is 5.32 Å². The minimum absolute atomic E-state index is 0.411. The minimum Gasteiger partial charge on any atom is -0.313 e. The highest BCUT2D eigenvalue weighted by Crippen LogP contribution is 2.22. The van der Waals surface area contributed by atoms with Crippen molar-refractivity contribution in [3.8, 4) is 0 Å². The molecular weight excluding hydrogens is 218 g/mol. The van der Waals surface area contributed by atoms with Crippen molar-refractivity contribution in [3.05, 3.63) is 0 Å². The minimum atomic E-state index is -0.614. The molecule has 1 aliphatic carbocycles. The molecule has 1 saturated carbocycles. The molecule has 3 heteroatoms. The van der Waals surface area contributed by atoms with Crippen LogP contribution >= 0.6 is 0 Å². The van der Waals surface area contributed by atoms with Gasteiger partial charge in [0, 0.05) is 22.6 Å². The first kappa shape index (κ1) is 14.2. The molecule has 0 aromatic rings. The van der Waals surface area contributed by atoms with Crippen LogP contribution in [0.3, 0.4) is 0 Å². The van der Waals surface area contributed by atoms with Gasteiger partial charge in [0.2, 0.25) is 0 Å². The summed E-state index contributed by atoms with van der Waals surface area (Å²) in [6, 6.07) is 0.509.